The largest absolute Gasteiger partial charge is 0.497 e. The van der Waals surface area contributed by atoms with Gasteiger partial charge in [-0.05, 0) is 79.6 Å². The van der Waals surface area contributed by atoms with Gasteiger partial charge in [0.2, 0.25) is 0 Å². The van der Waals surface area contributed by atoms with E-state index in [1.165, 1.54) is 13.2 Å². The lowest BCUT2D eigenvalue weighted by molar-refractivity contribution is 0.104. The lowest BCUT2D eigenvalue weighted by atomic mass is 10.1. The zero-order valence-corrected chi connectivity index (χ0v) is 18.1. The Morgan fingerprint density at radius 3 is 2.40 bits per heavy atom. The summed E-state index contributed by atoms with van der Waals surface area (Å²) in [7, 11) is 3.07. The average molecular weight is 427 g/mol. The smallest absolute Gasteiger partial charge is 0.189 e. The fourth-order valence-corrected chi connectivity index (χ4v) is 3.07. The molecule has 0 saturated carbocycles. The van der Waals surface area contributed by atoms with Gasteiger partial charge in [0.15, 0.2) is 5.78 Å². The molecule has 0 spiro atoms. The average Bonchev–Trinajstić information content (AvgIpc) is 3.21. The second-order valence-corrected chi connectivity index (χ2v) is 7.11. The summed E-state index contributed by atoms with van der Waals surface area (Å²) in [6, 6.07) is 12.4. The van der Waals surface area contributed by atoms with E-state index in [4.69, 9.17) is 30.2 Å². The molecule has 0 N–H and O–H groups in total. The van der Waals surface area contributed by atoms with Gasteiger partial charge in [0.1, 0.15) is 35.4 Å². The summed E-state index contributed by atoms with van der Waals surface area (Å²) in [6.45, 7) is 4.14. The SMILES string of the molecule is COc1ccc(OC)c(C(=O)/C=C/c2ccc(COc3cc(C)c(Cl)c(C)c3)o2)c1. The third-order valence-corrected chi connectivity index (χ3v) is 5.14. The number of carbonyl (C=O) groups excluding carboxylic acids is 1. The maximum atomic E-state index is 12.6. The van der Waals surface area contributed by atoms with Crippen LogP contribution < -0.4 is 14.2 Å². The molecule has 3 aromatic rings. The highest BCUT2D eigenvalue weighted by Crippen LogP contribution is 2.27. The third kappa shape index (κ3) is 5.05. The van der Waals surface area contributed by atoms with Crippen LogP contribution in [-0.4, -0.2) is 20.0 Å². The van der Waals surface area contributed by atoms with Gasteiger partial charge < -0.3 is 18.6 Å². The number of benzene rings is 2. The summed E-state index contributed by atoms with van der Waals surface area (Å²) >= 11 is 6.19. The van der Waals surface area contributed by atoms with Crippen LogP contribution in [0.4, 0.5) is 0 Å². The predicted octanol–water partition coefficient (Wildman–Crippen LogP) is 6.04. The van der Waals surface area contributed by atoms with Gasteiger partial charge in [-0.1, -0.05) is 11.6 Å². The van der Waals surface area contributed by atoms with Crippen LogP contribution in [0, 0.1) is 13.8 Å². The van der Waals surface area contributed by atoms with Crippen molar-refractivity contribution in [3.63, 3.8) is 0 Å². The molecule has 0 saturated heterocycles. The zero-order valence-electron chi connectivity index (χ0n) is 17.3. The Balaban J connectivity index is 1.67. The molecule has 0 bridgehead atoms. The van der Waals surface area contributed by atoms with E-state index < -0.39 is 0 Å². The quantitative estimate of drug-likeness (QED) is 0.324. The highest BCUT2D eigenvalue weighted by Gasteiger charge is 2.12. The lowest BCUT2D eigenvalue weighted by Crippen LogP contribution is -1.99. The maximum absolute atomic E-state index is 12.6. The van der Waals surface area contributed by atoms with Crippen molar-refractivity contribution < 1.29 is 23.4 Å². The molecular weight excluding hydrogens is 404 g/mol. The topological polar surface area (TPSA) is 57.9 Å². The molecule has 2 aromatic carbocycles. The molecule has 0 aliphatic carbocycles. The first-order valence-corrected chi connectivity index (χ1v) is 9.71. The van der Waals surface area contributed by atoms with Crippen LogP contribution in [0.15, 0.2) is 53.0 Å². The Kier molecular flexibility index (Phi) is 6.85. The molecule has 1 aromatic heterocycles. The normalized spacial score (nSPS) is 11.0. The van der Waals surface area contributed by atoms with Crippen molar-refractivity contribution >= 4 is 23.5 Å². The second kappa shape index (κ2) is 9.55. The monoisotopic (exact) mass is 426 g/mol. The van der Waals surface area contributed by atoms with Gasteiger partial charge >= 0.3 is 0 Å². The van der Waals surface area contributed by atoms with Crippen molar-refractivity contribution in [3.05, 3.63) is 81.8 Å². The van der Waals surface area contributed by atoms with Gasteiger partial charge in [0.05, 0.1) is 19.8 Å². The molecular formula is C24H23ClO5. The second-order valence-electron chi connectivity index (χ2n) is 6.73. The Hall–Kier alpha value is -3.18. The summed E-state index contributed by atoms with van der Waals surface area (Å²) in [6.07, 6.45) is 3.05. The van der Waals surface area contributed by atoms with E-state index in [0.717, 1.165) is 21.9 Å². The zero-order chi connectivity index (χ0) is 21.7. The van der Waals surface area contributed by atoms with Gasteiger partial charge in [-0.25, -0.2) is 0 Å². The lowest BCUT2D eigenvalue weighted by Gasteiger charge is -2.08. The first kappa shape index (κ1) is 21.5. The summed E-state index contributed by atoms with van der Waals surface area (Å²) in [5, 5.41) is 0.741. The van der Waals surface area contributed by atoms with Gasteiger partial charge in [-0.15, -0.1) is 0 Å². The Bertz CT molecular complexity index is 1060. The number of carbonyl (C=O) groups is 1. The van der Waals surface area contributed by atoms with Gasteiger partial charge in [-0.2, -0.15) is 0 Å². The number of ketones is 1. The highest BCUT2D eigenvalue weighted by molar-refractivity contribution is 6.32. The van der Waals surface area contributed by atoms with Crippen LogP contribution in [0.5, 0.6) is 17.2 Å². The number of aryl methyl sites for hydroxylation is 2. The van der Waals surface area contributed by atoms with Crippen LogP contribution in [0.1, 0.15) is 33.0 Å². The molecule has 6 heteroatoms. The molecule has 0 radical (unpaired) electrons. The Morgan fingerprint density at radius 2 is 1.73 bits per heavy atom. The van der Waals surface area contributed by atoms with Crippen LogP contribution in [0.2, 0.25) is 5.02 Å². The first-order chi connectivity index (χ1) is 14.4. The third-order valence-electron chi connectivity index (χ3n) is 4.54. The molecule has 0 fully saturated rings. The van der Waals surface area contributed by atoms with Crippen molar-refractivity contribution in [3.8, 4) is 17.2 Å². The van der Waals surface area contributed by atoms with Crippen molar-refractivity contribution in [2.75, 3.05) is 14.2 Å². The summed E-state index contributed by atoms with van der Waals surface area (Å²) in [4.78, 5) is 12.6. The van der Waals surface area contributed by atoms with E-state index in [9.17, 15) is 4.79 Å². The number of hydrogen-bond acceptors (Lipinski definition) is 5. The van der Waals surface area contributed by atoms with E-state index in [-0.39, 0.29) is 12.4 Å². The van der Waals surface area contributed by atoms with E-state index >= 15 is 0 Å². The van der Waals surface area contributed by atoms with Crippen molar-refractivity contribution in [1.29, 1.82) is 0 Å². The van der Waals surface area contributed by atoms with Crippen LogP contribution in [0.3, 0.4) is 0 Å². The Labute approximate surface area is 180 Å². The minimum absolute atomic E-state index is 0.216. The minimum atomic E-state index is -0.216. The number of hydrogen-bond donors (Lipinski definition) is 0. The van der Waals surface area contributed by atoms with Crippen LogP contribution >= 0.6 is 11.6 Å². The summed E-state index contributed by atoms with van der Waals surface area (Å²) < 4.78 is 22.0. The highest BCUT2D eigenvalue weighted by atomic mass is 35.5. The van der Waals surface area contributed by atoms with E-state index in [2.05, 4.69) is 0 Å². The Morgan fingerprint density at radius 1 is 1.00 bits per heavy atom. The molecule has 0 amide bonds. The van der Waals surface area contributed by atoms with Crippen molar-refractivity contribution in [2.24, 2.45) is 0 Å². The van der Waals surface area contributed by atoms with E-state index in [1.807, 2.05) is 32.0 Å². The number of ether oxygens (including phenoxy) is 3. The molecule has 0 aliphatic heterocycles. The first-order valence-electron chi connectivity index (χ1n) is 9.34. The maximum Gasteiger partial charge on any atom is 0.189 e. The van der Waals surface area contributed by atoms with Crippen molar-refractivity contribution in [1.82, 2.24) is 0 Å². The fraction of sp³-hybridized carbons (Fsp3) is 0.208. The molecule has 1 heterocycles. The van der Waals surface area contributed by atoms with Gasteiger partial charge in [0, 0.05) is 5.02 Å². The number of allylic oxidation sites excluding steroid dienone is 1. The fourth-order valence-electron chi connectivity index (χ4n) is 2.96. The standard InChI is InChI=1S/C24H23ClO5/c1-15-11-20(12-16(2)24(15)25)29-14-19-6-5-17(30-19)7-9-22(26)21-13-18(27-3)8-10-23(21)28-4/h5-13H,14H2,1-4H3/b9-7+. The van der Waals surface area contributed by atoms with Crippen LogP contribution in [0.25, 0.3) is 6.08 Å². The van der Waals surface area contributed by atoms with Gasteiger partial charge in [-0.3, -0.25) is 4.79 Å². The molecule has 5 nitrogen and oxygen atoms in total. The van der Waals surface area contributed by atoms with Crippen LogP contribution in [-0.2, 0) is 6.61 Å². The molecule has 0 unspecified atom stereocenters. The van der Waals surface area contributed by atoms with E-state index in [0.29, 0.717) is 28.6 Å². The number of methoxy groups -OCH3 is 2. The summed E-state index contributed by atoms with van der Waals surface area (Å²) in [5.41, 5.74) is 2.33. The molecule has 0 aliphatic rings. The molecule has 0 atom stereocenters. The summed E-state index contributed by atoms with van der Waals surface area (Å²) in [5.74, 6) is 2.76. The number of halogens is 1. The molecule has 156 valence electrons. The number of rotatable bonds is 8. The van der Waals surface area contributed by atoms with Gasteiger partial charge in [0.25, 0.3) is 0 Å². The minimum Gasteiger partial charge on any atom is -0.497 e. The molecule has 30 heavy (non-hydrogen) atoms. The van der Waals surface area contributed by atoms with Crippen molar-refractivity contribution in [2.45, 2.75) is 20.5 Å². The number of furan rings is 1. The van der Waals surface area contributed by atoms with E-state index in [1.54, 1.807) is 37.5 Å². The predicted molar refractivity (Wildman–Crippen MR) is 117 cm³/mol. The molecule has 3 rings (SSSR count).